The molecule has 0 spiro atoms. The van der Waals surface area contributed by atoms with Gasteiger partial charge in [-0.3, -0.25) is 0 Å². The Kier molecular flexibility index (Phi) is 2.33. The predicted molar refractivity (Wildman–Crippen MR) is 57.9 cm³/mol. The third-order valence-electron chi connectivity index (χ3n) is 1.90. The number of aryl methyl sites for hydroxylation is 1. The van der Waals surface area contributed by atoms with Gasteiger partial charge in [0.2, 0.25) is 0 Å². The molecule has 1 heteroatoms. The van der Waals surface area contributed by atoms with E-state index in [1.54, 1.807) is 0 Å². The molecule has 1 unspecified atom stereocenters. The van der Waals surface area contributed by atoms with Crippen molar-refractivity contribution in [3.8, 4) is 11.8 Å². The van der Waals surface area contributed by atoms with Crippen LogP contribution in [0.2, 0.25) is 0 Å². The minimum absolute atomic E-state index is 0.286. The topological polar surface area (TPSA) is 0 Å². The van der Waals surface area contributed by atoms with Crippen molar-refractivity contribution < 1.29 is 0 Å². The highest BCUT2D eigenvalue weighted by atomic mass is 32.1. The Labute approximate surface area is 82.6 Å². The Hall–Kier alpha value is -1.26. The SMILES string of the molecule is Cc1ccc(C2C#CC=CC=C2)s1. The molecular formula is C12H10S. The van der Waals surface area contributed by atoms with Gasteiger partial charge in [-0.15, -0.1) is 11.3 Å². The van der Waals surface area contributed by atoms with Crippen molar-refractivity contribution in [2.45, 2.75) is 12.8 Å². The van der Waals surface area contributed by atoms with E-state index >= 15 is 0 Å². The molecule has 0 bridgehead atoms. The molecule has 1 heterocycles. The summed E-state index contributed by atoms with van der Waals surface area (Å²) >= 11 is 1.82. The van der Waals surface area contributed by atoms with Crippen LogP contribution < -0.4 is 0 Å². The van der Waals surface area contributed by atoms with E-state index in [1.165, 1.54) is 9.75 Å². The van der Waals surface area contributed by atoms with E-state index in [9.17, 15) is 0 Å². The molecule has 2 rings (SSSR count). The average Bonchev–Trinajstić information content (AvgIpc) is 2.43. The Morgan fingerprint density at radius 3 is 3.00 bits per heavy atom. The summed E-state index contributed by atoms with van der Waals surface area (Å²) in [5.74, 6) is 6.50. The molecule has 0 radical (unpaired) electrons. The predicted octanol–water partition coefficient (Wildman–Crippen LogP) is 3.27. The summed E-state index contributed by atoms with van der Waals surface area (Å²) < 4.78 is 0. The lowest BCUT2D eigenvalue weighted by atomic mass is 10.1. The van der Waals surface area contributed by atoms with Crippen molar-refractivity contribution in [2.24, 2.45) is 0 Å². The van der Waals surface area contributed by atoms with Crippen LogP contribution in [-0.4, -0.2) is 0 Å². The van der Waals surface area contributed by atoms with Crippen molar-refractivity contribution >= 4 is 11.3 Å². The zero-order valence-electron chi connectivity index (χ0n) is 7.45. The standard InChI is InChI=1S/C12H10S/c1-10-8-9-12(13-10)11-6-4-2-3-5-7-11/h2-4,6,8-9,11H,1H3. The summed E-state index contributed by atoms with van der Waals surface area (Å²) in [5.41, 5.74) is 0. The van der Waals surface area contributed by atoms with Crippen LogP contribution in [0.5, 0.6) is 0 Å². The Morgan fingerprint density at radius 2 is 2.23 bits per heavy atom. The zero-order valence-corrected chi connectivity index (χ0v) is 8.27. The van der Waals surface area contributed by atoms with E-state index in [0.29, 0.717) is 0 Å². The van der Waals surface area contributed by atoms with Crippen LogP contribution in [-0.2, 0) is 0 Å². The van der Waals surface area contributed by atoms with Crippen molar-refractivity contribution in [1.29, 1.82) is 0 Å². The molecular weight excluding hydrogens is 176 g/mol. The first-order chi connectivity index (χ1) is 6.36. The third kappa shape index (κ3) is 1.91. The van der Waals surface area contributed by atoms with Gasteiger partial charge in [-0.1, -0.05) is 30.1 Å². The Balaban J connectivity index is 2.30. The van der Waals surface area contributed by atoms with E-state index in [4.69, 9.17) is 0 Å². The first kappa shape index (κ1) is 8.34. The van der Waals surface area contributed by atoms with Crippen LogP contribution in [0.15, 0.2) is 36.4 Å². The molecule has 1 aromatic rings. The first-order valence-electron chi connectivity index (χ1n) is 4.27. The summed E-state index contributed by atoms with van der Waals surface area (Å²) in [6.07, 6.45) is 8.05. The summed E-state index contributed by atoms with van der Waals surface area (Å²) in [5, 5.41) is 0. The number of thiophene rings is 1. The molecule has 1 aromatic heterocycles. The van der Waals surface area contributed by atoms with Gasteiger partial charge in [-0.2, -0.15) is 0 Å². The quantitative estimate of drug-likeness (QED) is 0.590. The van der Waals surface area contributed by atoms with Gasteiger partial charge >= 0.3 is 0 Å². The van der Waals surface area contributed by atoms with Gasteiger partial charge in [0.1, 0.15) is 0 Å². The van der Waals surface area contributed by atoms with Crippen LogP contribution in [0.1, 0.15) is 15.7 Å². The average molecular weight is 186 g/mol. The summed E-state index contributed by atoms with van der Waals surface area (Å²) in [6.45, 7) is 2.13. The minimum Gasteiger partial charge on any atom is -0.144 e. The van der Waals surface area contributed by atoms with Crippen LogP contribution in [0, 0.1) is 18.8 Å². The normalized spacial score (nSPS) is 19.3. The van der Waals surface area contributed by atoms with E-state index in [1.807, 2.05) is 29.6 Å². The Morgan fingerprint density at radius 1 is 1.31 bits per heavy atom. The highest BCUT2D eigenvalue weighted by molar-refractivity contribution is 7.12. The van der Waals surface area contributed by atoms with E-state index in [0.717, 1.165) is 0 Å². The minimum atomic E-state index is 0.286. The van der Waals surface area contributed by atoms with Crippen molar-refractivity contribution in [1.82, 2.24) is 0 Å². The number of allylic oxidation sites excluding steroid dienone is 4. The molecule has 64 valence electrons. The van der Waals surface area contributed by atoms with Gasteiger partial charge in [0, 0.05) is 9.75 Å². The number of rotatable bonds is 1. The maximum atomic E-state index is 3.20. The molecule has 1 aliphatic rings. The van der Waals surface area contributed by atoms with Crippen LogP contribution in [0.25, 0.3) is 0 Å². The van der Waals surface area contributed by atoms with Crippen LogP contribution in [0.3, 0.4) is 0 Å². The molecule has 0 aromatic carbocycles. The lowest BCUT2D eigenvalue weighted by molar-refractivity contribution is 1.18. The van der Waals surface area contributed by atoms with Crippen LogP contribution >= 0.6 is 11.3 Å². The van der Waals surface area contributed by atoms with Crippen molar-refractivity contribution in [3.05, 3.63) is 46.2 Å². The highest BCUT2D eigenvalue weighted by Crippen LogP contribution is 2.25. The van der Waals surface area contributed by atoms with Gasteiger partial charge in [-0.25, -0.2) is 0 Å². The van der Waals surface area contributed by atoms with Crippen LogP contribution in [0.4, 0.5) is 0 Å². The summed E-state index contributed by atoms with van der Waals surface area (Å²) in [7, 11) is 0. The number of hydrogen-bond donors (Lipinski definition) is 0. The number of hydrogen-bond acceptors (Lipinski definition) is 1. The molecule has 0 fully saturated rings. The molecule has 0 saturated heterocycles. The maximum absolute atomic E-state index is 3.20. The highest BCUT2D eigenvalue weighted by Gasteiger charge is 2.06. The second kappa shape index (κ2) is 3.64. The largest absolute Gasteiger partial charge is 0.144 e. The fourth-order valence-corrected chi connectivity index (χ4v) is 2.16. The molecule has 0 saturated carbocycles. The fourth-order valence-electron chi connectivity index (χ4n) is 1.25. The van der Waals surface area contributed by atoms with Gasteiger partial charge < -0.3 is 0 Å². The molecule has 0 amide bonds. The van der Waals surface area contributed by atoms with Crippen molar-refractivity contribution in [3.63, 3.8) is 0 Å². The third-order valence-corrected chi connectivity index (χ3v) is 2.98. The molecule has 13 heavy (non-hydrogen) atoms. The maximum Gasteiger partial charge on any atom is 0.0732 e. The fraction of sp³-hybridized carbons (Fsp3) is 0.167. The summed E-state index contributed by atoms with van der Waals surface area (Å²) in [6, 6.07) is 4.31. The zero-order chi connectivity index (χ0) is 9.10. The first-order valence-corrected chi connectivity index (χ1v) is 5.08. The molecule has 1 atom stereocenters. The Bertz CT molecular complexity index is 410. The molecule has 1 aliphatic carbocycles. The molecule has 0 N–H and O–H groups in total. The monoisotopic (exact) mass is 186 g/mol. The van der Waals surface area contributed by atoms with Gasteiger partial charge in [0.25, 0.3) is 0 Å². The van der Waals surface area contributed by atoms with Gasteiger partial charge in [0.05, 0.1) is 5.92 Å². The molecule has 0 nitrogen and oxygen atoms in total. The van der Waals surface area contributed by atoms with E-state index in [2.05, 4.69) is 37.0 Å². The summed E-state index contributed by atoms with van der Waals surface area (Å²) in [4.78, 5) is 2.69. The van der Waals surface area contributed by atoms with E-state index < -0.39 is 0 Å². The lowest BCUT2D eigenvalue weighted by Gasteiger charge is -1.99. The lowest BCUT2D eigenvalue weighted by Crippen LogP contribution is -1.85. The van der Waals surface area contributed by atoms with Crippen molar-refractivity contribution in [2.75, 3.05) is 0 Å². The molecule has 0 aliphatic heterocycles. The van der Waals surface area contributed by atoms with E-state index in [-0.39, 0.29) is 5.92 Å². The second-order valence-electron chi connectivity index (χ2n) is 2.96. The second-order valence-corrected chi connectivity index (χ2v) is 4.28. The smallest absolute Gasteiger partial charge is 0.0732 e. The van der Waals surface area contributed by atoms with Gasteiger partial charge in [-0.05, 0) is 25.1 Å². The van der Waals surface area contributed by atoms with Gasteiger partial charge in [0.15, 0.2) is 0 Å².